The standard InChI is InChI=1S/C20H14N4O2S2.C20H14N4O2S.C19H12F3N3O2S.C19H13F2N3O2S.C17H13N3O2S2/c25-28(26,15-11-9-14(10-12-15)21-13-27)24-17-6-2-1-5-16(17)20-22-18-7-3-4-8-19(18)23-20;21-13-14-9-11-15(12-10-14)27(25,26)24-17-6-2-1-5-16(17)20-22-18-7-3-4-8-19(18)23-20;20-12-9-10-16(18(22)17(12)21)28(26,27)25-13-6-2-1-5-11(13)19-23-14-7-3-4-8-15(14)24-19;20-13-7-5-8-14(21)18(13)27(25,26)24-15-9-2-1-6-12(15)19-22-16-10-3-4-11-17(16)23-19;21-24(22,16-10-5-11-23-16)20-13-7-2-1-6-12(13)17-18-14-8-3-4-9-15(14)19-17/h1-12,24H,(H,22,23);1-12,24H,(H,22,23);1-10,25H,(H,23,24);1-11,24H,(H,22,23);1-11,20H,(H,18,19). The predicted molar refractivity (Wildman–Crippen MR) is 511 cm³/mol. The van der Waals surface area contributed by atoms with E-state index >= 15 is 0 Å². The lowest BCUT2D eigenvalue weighted by Crippen LogP contribution is -2.17. The fourth-order valence-corrected chi connectivity index (χ4v) is 20.3. The van der Waals surface area contributed by atoms with Crippen LogP contribution in [-0.2, 0) is 50.1 Å². The van der Waals surface area contributed by atoms with Gasteiger partial charge in [0.15, 0.2) is 22.3 Å². The average Bonchev–Trinajstić information content (AvgIpc) is 1.22. The van der Waals surface area contributed by atoms with Crippen molar-refractivity contribution in [1.29, 1.82) is 5.26 Å². The van der Waals surface area contributed by atoms with E-state index in [9.17, 15) is 64.0 Å². The Bertz CT molecular complexity index is 8350. The summed E-state index contributed by atoms with van der Waals surface area (Å²) >= 11 is 5.74. The molecule has 0 aliphatic heterocycles. The topological polar surface area (TPSA) is 410 Å². The third kappa shape index (κ3) is 20.7. The van der Waals surface area contributed by atoms with Crippen LogP contribution in [-0.4, -0.2) is 97.1 Å². The third-order valence-corrected chi connectivity index (χ3v) is 28.3. The number of rotatable bonds is 21. The summed E-state index contributed by atoms with van der Waals surface area (Å²) < 4.78 is 207. The van der Waals surface area contributed by atoms with Crippen molar-refractivity contribution in [3.63, 3.8) is 0 Å². The van der Waals surface area contributed by atoms with Gasteiger partial charge >= 0.3 is 0 Å². The SMILES string of the molecule is N#Cc1ccc(S(=O)(=O)Nc2ccccc2-c2nc3ccccc3[nH]2)cc1.O=S(=O)(Nc1ccccc1-c1nc2ccccc2[nH]1)c1c(F)cccc1F.O=S(=O)(Nc1ccccc1-c1nc2ccccc2[nH]1)c1ccc(F)c(F)c1F.O=S(=O)(Nc1ccccc1-c1nc2ccccc2[nH]1)c1ccc(N=C=S)cc1.O=S(=O)(Nc1ccccc1-c1nc2ccccc2[nH]1)c1cccs1. The van der Waals surface area contributed by atoms with Crippen LogP contribution in [0.1, 0.15) is 5.56 Å². The zero-order valence-electron chi connectivity index (χ0n) is 68.8. The van der Waals surface area contributed by atoms with Gasteiger partial charge in [-0.3, -0.25) is 23.6 Å². The minimum atomic E-state index is -4.52. The van der Waals surface area contributed by atoms with Crippen LogP contribution >= 0.6 is 23.6 Å². The zero-order valence-corrected chi connectivity index (χ0v) is 74.5. The highest BCUT2D eigenvalue weighted by Crippen LogP contribution is 2.38. The molecule has 20 rings (SSSR count). The minimum absolute atomic E-state index is 0.0842. The molecule has 0 bridgehead atoms. The summed E-state index contributed by atoms with van der Waals surface area (Å²) in [6.07, 6.45) is 0. The number of nitrogens with zero attached hydrogens (tertiary/aromatic N) is 7. The van der Waals surface area contributed by atoms with Crippen molar-refractivity contribution >= 4 is 168 Å². The lowest BCUT2D eigenvalue weighted by molar-refractivity contribution is 0.432. The number of hydrogen-bond acceptors (Lipinski definition) is 19. The van der Waals surface area contributed by atoms with Crippen LogP contribution < -0.4 is 23.6 Å². The number of nitrogens with one attached hydrogen (secondary N) is 10. The molecule has 0 aliphatic carbocycles. The fraction of sp³-hybridized carbons (Fsp3) is 0. The first-order valence-electron chi connectivity index (χ1n) is 39.7. The van der Waals surface area contributed by atoms with Crippen molar-refractivity contribution < 1.29 is 64.0 Å². The van der Waals surface area contributed by atoms with E-state index in [1.165, 1.54) is 59.9 Å². The van der Waals surface area contributed by atoms with E-state index in [2.05, 4.69) is 95.8 Å². The van der Waals surface area contributed by atoms with Crippen molar-refractivity contribution in [2.45, 2.75) is 23.8 Å². The summed E-state index contributed by atoms with van der Waals surface area (Å²) in [6.45, 7) is 0. The summed E-state index contributed by atoms with van der Waals surface area (Å²) in [6, 6.07) is 92.9. The molecule has 27 nitrogen and oxygen atoms in total. The second-order valence-electron chi connectivity index (χ2n) is 28.8. The molecule has 6 heterocycles. The van der Waals surface area contributed by atoms with E-state index in [0.717, 1.165) is 62.3 Å². The van der Waals surface area contributed by atoms with E-state index in [1.807, 2.05) is 152 Å². The van der Waals surface area contributed by atoms with Crippen LogP contribution in [0, 0.1) is 40.4 Å². The van der Waals surface area contributed by atoms with Gasteiger partial charge in [0, 0.05) is 27.8 Å². The highest BCUT2D eigenvalue weighted by Gasteiger charge is 2.29. The Balaban J connectivity index is 0.000000122. The predicted octanol–water partition coefficient (Wildman–Crippen LogP) is 21.5. The highest BCUT2D eigenvalue weighted by atomic mass is 32.2. The molecule has 668 valence electrons. The van der Waals surface area contributed by atoms with Crippen molar-refractivity contribution in [2.24, 2.45) is 4.99 Å². The lowest BCUT2D eigenvalue weighted by Gasteiger charge is -2.12. The Kier molecular flexibility index (Phi) is 26.7. The number of thiocarbonyl (C=S) groups is 1. The molecule has 134 heavy (non-hydrogen) atoms. The number of sulfonamides is 5. The molecule has 0 saturated heterocycles. The Hall–Kier alpha value is -16.2. The minimum Gasteiger partial charge on any atom is -0.338 e. The number of nitriles is 1. The quantitative estimate of drug-likeness (QED) is 0.0138. The number of H-pyrrole nitrogens is 5. The number of thiophene rings is 1. The third-order valence-electron chi connectivity index (χ3n) is 19.9. The van der Waals surface area contributed by atoms with E-state index in [-0.39, 0.29) is 25.4 Å². The molecule has 0 spiro atoms. The number of hydrogen-bond donors (Lipinski definition) is 10. The first kappa shape index (κ1) is 91.1. The summed E-state index contributed by atoms with van der Waals surface area (Å²) in [7, 11) is -20.2. The summed E-state index contributed by atoms with van der Waals surface area (Å²) in [5.74, 6) is -4.82. The van der Waals surface area contributed by atoms with Crippen molar-refractivity contribution in [2.75, 3.05) is 23.6 Å². The first-order valence-corrected chi connectivity index (χ1v) is 48.4. The van der Waals surface area contributed by atoms with Gasteiger partial charge in [0.25, 0.3) is 50.1 Å². The number of aromatic amines is 5. The zero-order chi connectivity index (χ0) is 93.9. The molecule has 39 heteroatoms. The van der Waals surface area contributed by atoms with Crippen LogP contribution in [0.5, 0.6) is 0 Å². The molecule has 0 saturated carbocycles. The van der Waals surface area contributed by atoms with Gasteiger partial charge in [0.1, 0.15) is 49.9 Å². The number of aliphatic imine (C=N–C) groups is 1. The summed E-state index contributed by atoms with van der Waals surface area (Å²) in [5, 5.41) is 12.9. The van der Waals surface area contributed by atoms with Crippen molar-refractivity contribution in [1.82, 2.24) is 49.8 Å². The van der Waals surface area contributed by atoms with E-state index in [1.54, 1.807) is 115 Å². The van der Waals surface area contributed by atoms with Gasteiger partial charge in [-0.2, -0.15) is 10.3 Å². The number of aromatic nitrogens is 10. The van der Waals surface area contributed by atoms with Crippen LogP contribution in [0.25, 0.3) is 112 Å². The molecular weight excluding hydrogens is 1860 g/mol. The number of imidazole rings is 5. The maximum atomic E-state index is 14.0. The van der Waals surface area contributed by atoms with Gasteiger partial charge in [-0.15, -0.1) is 11.3 Å². The first-order chi connectivity index (χ1) is 64.6. The molecule has 0 fully saturated rings. The maximum absolute atomic E-state index is 14.0. The second kappa shape index (κ2) is 39.2. The van der Waals surface area contributed by atoms with Gasteiger partial charge in [-0.05, 0) is 218 Å². The van der Waals surface area contributed by atoms with Crippen LogP contribution in [0.4, 0.5) is 56.1 Å². The summed E-state index contributed by atoms with van der Waals surface area (Å²) in [5.41, 5.74) is 13.4. The average molecular weight is 1930 g/mol. The molecule has 0 amide bonds. The lowest BCUT2D eigenvalue weighted by atomic mass is 10.2. The summed E-state index contributed by atoms with van der Waals surface area (Å²) in [4.78, 5) is 40.4. The van der Waals surface area contributed by atoms with Gasteiger partial charge in [0.2, 0.25) is 0 Å². The Morgan fingerprint density at radius 2 is 0.612 bits per heavy atom. The molecule has 0 atom stereocenters. The van der Waals surface area contributed by atoms with E-state index in [4.69, 9.17) is 5.26 Å². The monoisotopic (exact) mass is 1920 g/mol. The van der Waals surface area contributed by atoms with Crippen LogP contribution in [0.15, 0.2) is 368 Å². The Morgan fingerprint density at radius 3 is 0.933 bits per heavy atom. The molecule has 0 radical (unpaired) electrons. The molecular formula is C95H66F5N17O10S7. The van der Waals surface area contributed by atoms with Crippen LogP contribution in [0.3, 0.4) is 0 Å². The number of para-hydroxylation sites is 15. The smallest absolute Gasteiger partial charge is 0.271 e. The number of benzene rings is 14. The molecule has 20 aromatic rings. The Labute approximate surface area is 770 Å². The molecule has 0 aliphatic rings. The highest BCUT2D eigenvalue weighted by molar-refractivity contribution is 7.95. The molecule has 0 unspecified atom stereocenters. The maximum Gasteiger partial charge on any atom is 0.271 e. The van der Waals surface area contributed by atoms with E-state index < -0.39 is 89.0 Å². The number of fused-ring (bicyclic) bond motifs is 5. The number of isothiocyanates is 1. The van der Waals surface area contributed by atoms with E-state index in [0.29, 0.717) is 108 Å². The van der Waals surface area contributed by atoms with Crippen molar-refractivity contribution in [3.8, 4) is 63.0 Å². The largest absolute Gasteiger partial charge is 0.338 e. The van der Waals surface area contributed by atoms with Crippen LogP contribution in [0.2, 0.25) is 0 Å². The normalized spacial score (nSPS) is 11.5. The van der Waals surface area contributed by atoms with Gasteiger partial charge in [-0.1, -0.05) is 133 Å². The molecule has 14 aromatic carbocycles. The molecule has 10 N–H and O–H groups in total. The van der Waals surface area contributed by atoms with Gasteiger partial charge in [-0.25, -0.2) is 89.0 Å². The number of halogens is 5. The van der Waals surface area contributed by atoms with Gasteiger partial charge < -0.3 is 24.9 Å². The number of anilines is 5. The Morgan fingerprint density at radius 1 is 0.306 bits per heavy atom. The van der Waals surface area contributed by atoms with Gasteiger partial charge in [0.05, 0.1) is 116 Å². The fourth-order valence-electron chi connectivity index (χ4n) is 13.6. The van der Waals surface area contributed by atoms with Crippen molar-refractivity contribution in [3.05, 3.63) is 374 Å². The molecule has 6 aromatic heterocycles. The second-order valence-corrected chi connectivity index (χ2v) is 38.4.